The Bertz CT molecular complexity index is 984. The van der Waals surface area contributed by atoms with Gasteiger partial charge < -0.3 is 10.1 Å². The number of aromatic nitrogens is 3. The summed E-state index contributed by atoms with van der Waals surface area (Å²) < 4.78 is 31.6. The van der Waals surface area contributed by atoms with E-state index in [2.05, 4.69) is 15.4 Å². The summed E-state index contributed by atoms with van der Waals surface area (Å²) >= 11 is 0. The van der Waals surface area contributed by atoms with Crippen molar-refractivity contribution in [3.63, 3.8) is 0 Å². The SMILES string of the molecule is CCN(CCCNC(=O)CCc1c(C)nc2c(c(OC)nn2C)c1C)S(C)(=O)=O. The van der Waals surface area contributed by atoms with Gasteiger partial charge in [0.05, 0.1) is 18.8 Å². The van der Waals surface area contributed by atoms with Crippen molar-refractivity contribution >= 4 is 27.0 Å². The van der Waals surface area contributed by atoms with Gasteiger partial charge in [-0.1, -0.05) is 6.92 Å². The van der Waals surface area contributed by atoms with Gasteiger partial charge >= 0.3 is 0 Å². The van der Waals surface area contributed by atoms with E-state index in [1.807, 2.05) is 20.9 Å². The Kier molecular flexibility index (Phi) is 7.59. The lowest BCUT2D eigenvalue weighted by molar-refractivity contribution is -0.121. The average molecular weight is 426 g/mol. The number of sulfonamides is 1. The topological polar surface area (TPSA) is 106 Å². The fraction of sp³-hybridized carbons (Fsp3) is 0.632. The lowest BCUT2D eigenvalue weighted by Crippen LogP contribution is -2.33. The summed E-state index contributed by atoms with van der Waals surface area (Å²) in [5, 5.41) is 8.08. The first-order valence-corrected chi connectivity index (χ1v) is 11.5. The molecular weight excluding hydrogens is 394 g/mol. The molecule has 0 bridgehead atoms. The van der Waals surface area contributed by atoms with Crippen molar-refractivity contribution in [2.24, 2.45) is 7.05 Å². The van der Waals surface area contributed by atoms with Gasteiger partial charge in [0, 0.05) is 38.8 Å². The summed E-state index contributed by atoms with van der Waals surface area (Å²) in [6.45, 7) is 7.00. The lowest BCUT2D eigenvalue weighted by Gasteiger charge is -2.17. The molecule has 0 fully saturated rings. The van der Waals surface area contributed by atoms with Gasteiger partial charge in [0.25, 0.3) is 0 Å². The van der Waals surface area contributed by atoms with Crippen LogP contribution in [-0.2, 0) is 28.3 Å². The van der Waals surface area contributed by atoms with E-state index in [9.17, 15) is 13.2 Å². The first-order valence-electron chi connectivity index (χ1n) is 9.68. The fourth-order valence-corrected chi connectivity index (χ4v) is 4.41. The quantitative estimate of drug-likeness (QED) is 0.575. The van der Waals surface area contributed by atoms with Gasteiger partial charge in [-0.3, -0.25) is 4.79 Å². The van der Waals surface area contributed by atoms with Gasteiger partial charge in [-0.15, -0.1) is 5.10 Å². The number of nitrogens with zero attached hydrogens (tertiary/aromatic N) is 4. The van der Waals surface area contributed by atoms with Crippen LogP contribution in [0.15, 0.2) is 0 Å². The maximum atomic E-state index is 12.2. The molecule has 0 unspecified atom stereocenters. The zero-order valence-electron chi connectivity index (χ0n) is 18.1. The van der Waals surface area contributed by atoms with E-state index >= 15 is 0 Å². The van der Waals surface area contributed by atoms with Gasteiger partial charge in [-0.25, -0.2) is 22.4 Å². The molecule has 162 valence electrons. The number of methoxy groups -OCH3 is 1. The highest BCUT2D eigenvalue weighted by Gasteiger charge is 2.18. The molecule has 0 aliphatic heterocycles. The molecule has 0 aromatic carbocycles. The second-order valence-electron chi connectivity index (χ2n) is 7.09. The van der Waals surface area contributed by atoms with Crippen LogP contribution >= 0.6 is 0 Å². The van der Waals surface area contributed by atoms with Crippen LogP contribution in [0.4, 0.5) is 0 Å². The minimum absolute atomic E-state index is 0.0653. The summed E-state index contributed by atoms with van der Waals surface area (Å²) in [7, 11) is 0.211. The van der Waals surface area contributed by atoms with Crippen molar-refractivity contribution in [3.05, 3.63) is 16.8 Å². The number of hydrogen-bond donors (Lipinski definition) is 1. The summed E-state index contributed by atoms with van der Waals surface area (Å²) in [6.07, 6.45) is 2.67. The van der Waals surface area contributed by atoms with E-state index in [1.54, 1.807) is 18.7 Å². The minimum Gasteiger partial charge on any atom is -0.479 e. The lowest BCUT2D eigenvalue weighted by atomic mass is 10.00. The molecule has 2 aromatic rings. The Balaban J connectivity index is 1.96. The van der Waals surface area contributed by atoms with Crippen molar-refractivity contribution in [2.75, 3.05) is 33.0 Å². The number of fused-ring (bicyclic) bond motifs is 1. The highest BCUT2D eigenvalue weighted by Crippen LogP contribution is 2.30. The molecule has 2 rings (SSSR count). The van der Waals surface area contributed by atoms with Gasteiger partial charge in [-0.2, -0.15) is 0 Å². The van der Waals surface area contributed by atoms with Crippen molar-refractivity contribution in [1.82, 2.24) is 24.4 Å². The van der Waals surface area contributed by atoms with Crippen LogP contribution in [0, 0.1) is 13.8 Å². The zero-order chi connectivity index (χ0) is 21.8. The van der Waals surface area contributed by atoms with E-state index in [0.29, 0.717) is 44.8 Å². The Morgan fingerprint density at radius 3 is 2.59 bits per heavy atom. The second-order valence-corrected chi connectivity index (χ2v) is 9.07. The van der Waals surface area contributed by atoms with Crippen LogP contribution in [0.5, 0.6) is 5.88 Å². The van der Waals surface area contributed by atoms with Crippen LogP contribution in [0.3, 0.4) is 0 Å². The number of nitrogens with one attached hydrogen (secondary N) is 1. The van der Waals surface area contributed by atoms with Gasteiger partial charge in [0.15, 0.2) is 5.65 Å². The standard InChI is InChI=1S/C19H31N5O4S/c1-7-24(29(6,26)27)12-8-11-20-16(25)10-9-15-13(2)17-18(21-14(15)3)23(4)22-19(17)28-5/h7-12H2,1-6H3,(H,20,25). The normalized spacial score (nSPS) is 12.0. The summed E-state index contributed by atoms with van der Waals surface area (Å²) in [4.78, 5) is 16.9. The smallest absolute Gasteiger partial charge is 0.242 e. The van der Waals surface area contributed by atoms with E-state index in [-0.39, 0.29) is 5.91 Å². The number of ether oxygens (including phenoxy) is 1. The minimum atomic E-state index is -3.20. The molecule has 0 atom stereocenters. The van der Waals surface area contributed by atoms with Crippen LogP contribution in [0.2, 0.25) is 0 Å². The molecule has 10 heteroatoms. The Hall–Kier alpha value is -2.20. The summed E-state index contributed by atoms with van der Waals surface area (Å²) in [5.41, 5.74) is 3.68. The number of amides is 1. The van der Waals surface area contributed by atoms with Crippen LogP contribution in [-0.4, -0.2) is 66.4 Å². The highest BCUT2D eigenvalue weighted by molar-refractivity contribution is 7.88. The molecule has 0 spiro atoms. The number of carbonyl (C=O) groups excluding carboxylic acids is 1. The third-order valence-electron chi connectivity index (χ3n) is 5.05. The number of hydrogen-bond acceptors (Lipinski definition) is 6. The molecule has 29 heavy (non-hydrogen) atoms. The zero-order valence-corrected chi connectivity index (χ0v) is 18.9. The molecule has 0 radical (unpaired) electrons. The van der Waals surface area contributed by atoms with Crippen LogP contribution in [0.25, 0.3) is 11.0 Å². The Labute approximate surface area is 172 Å². The first kappa shape index (κ1) is 23.1. The van der Waals surface area contributed by atoms with Crippen LogP contribution in [0.1, 0.15) is 36.6 Å². The largest absolute Gasteiger partial charge is 0.479 e. The van der Waals surface area contributed by atoms with E-state index < -0.39 is 10.0 Å². The first-order chi connectivity index (χ1) is 13.6. The maximum absolute atomic E-state index is 12.2. The molecule has 1 N–H and O–H groups in total. The van der Waals surface area contributed by atoms with Gasteiger partial charge in [-0.05, 0) is 37.8 Å². The van der Waals surface area contributed by atoms with Gasteiger partial charge in [0.2, 0.25) is 21.8 Å². The fourth-order valence-electron chi connectivity index (χ4n) is 3.48. The van der Waals surface area contributed by atoms with Crippen molar-refractivity contribution in [2.45, 2.75) is 40.0 Å². The number of carbonyl (C=O) groups is 1. The van der Waals surface area contributed by atoms with Crippen molar-refractivity contribution in [3.8, 4) is 5.88 Å². The Morgan fingerprint density at radius 1 is 1.31 bits per heavy atom. The molecule has 2 heterocycles. The van der Waals surface area contributed by atoms with E-state index in [1.165, 1.54) is 10.6 Å². The molecule has 2 aromatic heterocycles. The predicted octanol–water partition coefficient (Wildman–Crippen LogP) is 1.31. The molecule has 0 saturated carbocycles. The third kappa shape index (κ3) is 5.45. The molecule has 0 aliphatic carbocycles. The molecule has 1 amide bonds. The monoisotopic (exact) mass is 425 g/mol. The average Bonchev–Trinajstić information content (AvgIpc) is 2.96. The number of pyridine rings is 1. The second kappa shape index (κ2) is 9.53. The van der Waals surface area contributed by atoms with Crippen molar-refractivity contribution in [1.29, 1.82) is 0 Å². The van der Waals surface area contributed by atoms with Crippen molar-refractivity contribution < 1.29 is 17.9 Å². The molecule has 0 saturated heterocycles. The van der Waals surface area contributed by atoms with E-state index in [4.69, 9.17) is 4.74 Å². The number of rotatable bonds is 10. The molecule has 0 aliphatic rings. The predicted molar refractivity (Wildman–Crippen MR) is 113 cm³/mol. The third-order valence-corrected chi connectivity index (χ3v) is 6.43. The maximum Gasteiger partial charge on any atom is 0.242 e. The Morgan fingerprint density at radius 2 is 2.00 bits per heavy atom. The summed E-state index contributed by atoms with van der Waals surface area (Å²) in [6, 6.07) is 0. The van der Waals surface area contributed by atoms with E-state index in [0.717, 1.165) is 27.9 Å². The summed E-state index contributed by atoms with van der Waals surface area (Å²) in [5.74, 6) is 0.467. The number of aryl methyl sites for hydroxylation is 3. The van der Waals surface area contributed by atoms with Gasteiger partial charge in [0.1, 0.15) is 0 Å². The van der Waals surface area contributed by atoms with Crippen LogP contribution < -0.4 is 10.1 Å². The molecular formula is C19H31N5O4S. The highest BCUT2D eigenvalue weighted by atomic mass is 32.2. The molecule has 9 nitrogen and oxygen atoms in total.